The molecule has 0 saturated carbocycles. The topological polar surface area (TPSA) is 83.8 Å². The lowest BCUT2D eigenvalue weighted by atomic mass is 10.0. The number of rotatable bonds is 3. The Morgan fingerprint density at radius 2 is 1.85 bits per heavy atom. The lowest BCUT2D eigenvalue weighted by molar-refractivity contribution is -0.138. The Bertz CT molecular complexity index is 1060. The van der Waals surface area contributed by atoms with Gasteiger partial charge in [-0.25, -0.2) is 18.4 Å². The third kappa shape index (κ3) is 3.18. The van der Waals surface area contributed by atoms with E-state index in [9.17, 15) is 31.9 Å². The third-order valence-corrected chi connectivity index (χ3v) is 4.09. The summed E-state index contributed by atoms with van der Waals surface area (Å²) in [5, 5.41) is 13.3. The van der Waals surface area contributed by atoms with Crippen LogP contribution < -0.4 is 5.56 Å². The molecular formula is C16H13F5N4O2. The standard InChI is InChI=1S/C16H13F5N4O2/c1-6(12-9(17)3-8(4-10(12)18)16(19,20)21)25-14-13(11(5-26)24-25)15(27)23-7(2)22-14/h3-4,6,26H,5H2,1-2H3,(H,22,23,27). The number of benzene rings is 1. The van der Waals surface area contributed by atoms with E-state index in [0.29, 0.717) is 0 Å². The molecule has 144 valence electrons. The van der Waals surface area contributed by atoms with E-state index in [1.54, 1.807) is 0 Å². The number of alkyl halides is 3. The van der Waals surface area contributed by atoms with E-state index in [1.807, 2.05) is 0 Å². The summed E-state index contributed by atoms with van der Waals surface area (Å²) in [7, 11) is 0. The van der Waals surface area contributed by atoms with Crippen molar-refractivity contribution in [3.63, 3.8) is 0 Å². The smallest absolute Gasteiger partial charge is 0.390 e. The van der Waals surface area contributed by atoms with E-state index in [0.717, 1.165) is 4.68 Å². The molecule has 0 aliphatic heterocycles. The molecule has 1 unspecified atom stereocenters. The highest BCUT2D eigenvalue weighted by molar-refractivity contribution is 5.77. The maximum absolute atomic E-state index is 14.3. The fraction of sp³-hybridized carbons (Fsp3) is 0.312. The van der Waals surface area contributed by atoms with Crippen LogP contribution in [-0.2, 0) is 12.8 Å². The van der Waals surface area contributed by atoms with Crippen molar-refractivity contribution in [2.75, 3.05) is 0 Å². The zero-order chi connectivity index (χ0) is 20.1. The van der Waals surface area contributed by atoms with Gasteiger partial charge in [0.15, 0.2) is 5.65 Å². The zero-order valence-corrected chi connectivity index (χ0v) is 14.0. The fourth-order valence-corrected chi connectivity index (χ4v) is 2.87. The second-order valence-corrected chi connectivity index (χ2v) is 5.93. The molecule has 0 spiro atoms. The van der Waals surface area contributed by atoms with Crippen LogP contribution in [0.2, 0.25) is 0 Å². The van der Waals surface area contributed by atoms with Crippen LogP contribution in [0.25, 0.3) is 11.0 Å². The first-order chi connectivity index (χ1) is 12.5. The first-order valence-corrected chi connectivity index (χ1v) is 7.69. The first-order valence-electron chi connectivity index (χ1n) is 7.69. The maximum Gasteiger partial charge on any atom is 0.416 e. The van der Waals surface area contributed by atoms with Gasteiger partial charge in [-0.15, -0.1) is 0 Å². The number of nitrogens with one attached hydrogen (secondary N) is 1. The van der Waals surface area contributed by atoms with Crippen LogP contribution >= 0.6 is 0 Å². The highest BCUT2D eigenvalue weighted by Gasteiger charge is 2.34. The van der Waals surface area contributed by atoms with Gasteiger partial charge in [0.05, 0.1) is 18.2 Å². The van der Waals surface area contributed by atoms with E-state index < -0.39 is 47.1 Å². The van der Waals surface area contributed by atoms with Crippen molar-refractivity contribution in [3.8, 4) is 0 Å². The minimum absolute atomic E-state index is 0.0495. The van der Waals surface area contributed by atoms with E-state index in [1.165, 1.54) is 13.8 Å². The molecule has 3 rings (SSSR count). The van der Waals surface area contributed by atoms with Gasteiger partial charge in [0.2, 0.25) is 0 Å². The normalized spacial score (nSPS) is 13.3. The van der Waals surface area contributed by atoms with E-state index >= 15 is 0 Å². The maximum atomic E-state index is 14.3. The molecule has 3 aromatic rings. The van der Waals surface area contributed by atoms with Crippen LogP contribution in [0, 0.1) is 18.6 Å². The number of aromatic amines is 1. The third-order valence-electron chi connectivity index (χ3n) is 4.09. The summed E-state index contributed by atoms with van der Waals surface area (Å²) in [4.78, 5) is 18.6. The molecule has 2 heterocycles. The molecule has 0 amide bonds. The van der Waals surface area contributed by atoms with Gasteiger partial charge >= 0.3 is 6.18 Å². The van der Waals surface area contributed by atoms with Gasteiger partial charge in [0.25, 0.3) is 5.56 Å². The van der Waals surface area contributed by atoms with Crippen LogP contribution in [0.4, 0.5) is 22.0 Å². The average molecular weight is 388 g/mol. The Morgan fingerprint density at radius 3 is 2.37 bits per heavy atom. The Hall–Kier alpha value is -2.82. The quantitative estimate of drug-likeness (QED) is 0.676. The Labute approximate surface area is 148 Å². The van der Waals surface area contributed by atoms with Gasteiger partial charge in [-0.05, 0) is 26.0 Å². The molecule has 2 N–H and O–H groups in total. The Morgan fingerprint density at radius 1 is 1.26 bits per heavy atom. The summed E-state index contributed by atoms with van der Waals surface area (Å²) in [5.74, 6) is -2.63. The second kappa shape index (κ2) is 6.41. The summed E-state index contributed by atoms with van der Waals surface area (Å²) in [6, 6.07) is -0.846. The van der Waals surface area contributed by atoms with Crippen molar-refractivity contribution in [1.82, 2.24) is 19.7 Å². The monoisotopic (exact) mass is 388 g/mol. The minimum atomic E-state index is -4.90. The van der Waals surface area contributed by atoms with Crippen molar-refractivity contribution in [2.24, 2.45) is 0 Å². The number of hydrogen-bond acceptors (Lipinski definition) is 4. The number of nitrogens with zero attached hydrogens (tertiary/aromatic N) is 3. The lowest BCUT2D eigenvalue weighted by Crippen LogP contribution is -2.16. The highest BCUT2D eigenvalue weighted by Crippen LogP contribution is 2.34. The molecular weight excluding hydrogens is 375 g/mol. The molecule has 0 radical (unpaired) electrons. The summed E-state index contributed by atoms with van der Waals surface area (Å²) in [6.45, 7) is 2.13. The lowest BCUT2D eigenvalue weighted by Gasteiger charge is -2.17. The molecule has 6 nitrogen and oxygen atoms in total. The predicted molar refractivity (Wildman–Crippen MR) is 84.0 cm³/mol. The second-order valence-electron chi connectivity index (χ2n) is 5.93. The summed E-state index contributed by atoms with van der Waals surface area (Å²) in [6.07, 6.45) is -4.90. The SMILES string of the molecule is Cc1nc2c(c(CO)nn2C(C)c2c(F)cc(C(F)(F)F)cc2F)c(=O)[nH]1. The molecule has 0 aliphatic rings. The molecule has 27 heavy (non-hydrogen) atoms. The molecule has 1 aromatic carbocycles. The molecule has 0 aliphatic carbocycles. The Kier molecular flexibility index (Phi) is 4.50. The van der Waals surface area contributed by atoms with E-state index in [2.05, 4.69) is 15.1 Å². The van der Waals surface area contributed by atoms with Crippen LogP contribution in [0.5, 0.6) is 0 Å². The summed E-state index contributed by atoms with van der Waals surface area (Å²) >= 11 is 0. The highest BCUT2D eigenvalue weighted by atomic mass is 19.4. The van der Waals surface area contributed by atoms with Crippen molar-refractivity contribution < 1.29 is 27.1 Å². The first kappa shape index (κ1) is 19.0. The molecule has 2 aromatic heterocycles. The number of hydrogen-bond donors (Lipinski definition) is 2. The van der Waals surface area contributed by atoms with Gasteiger partial charge < -0.3 is 10.1 Å². The summed E-state index contributed by atoms with van der Waals surface area (Å²) < 4.78 is 67.8. The van der Waals surface area contributed by atoms with E-state index in [-0.39, 0.29) is 34.7 Å². The van der Waals surface area contributed by atoms with Crippen molar-refractivity contribution in [3.05, 3.63) is 56.8 Å². The van der Waals surface area contributed by atoms with Crippen LogP contribution in [0.3, 0.4) is 0 Å². The van der Waals surface area contributed by atoms with Crippen molar-refractivity contribution in [2.45, 2.75) is 32.7 Å². The average Bonchev–Trinajstić information content (AvgIpc) is 2.91. The Balaban J connectivity index is 2.23. The van der Waals surface area contributed by atoms with E-state index in [4.69, 9.17) is 0 Å². The molecule has 1 atom stereocenters. The van der Waals surface area contributed by atoms with Gasteiger partial charge in [0.1, 0.15) is 28.5 Å². The number of H-pyrrole nitrogens is 1. The fourth-order valence-electron chi connectivity index (χ4n) is 2.87. The molecule has 0 bridgehead atoms. The van der Waals surface area contributed by atoms with Gasteiger partial charge in [0, 0.05) is 5.56 Å². The number of aryl methyl sites for hydroxylation is 1. The largest absolute Gasteiger partial charge is 0.416 e. The van der Waals surface area contributed by atoms with Gasteiger partial charge in [-0.2, -0.15) is 18.3 Å². The van der Waals surface area contributed by atoms with Crippen LogP contribution in [0.1, 0.15) is 35.6 Å². The zero-order valence-electron chi connectivity index (χ0n) is 14.0. The van der Waals surface area contributed by atoms with Crippen LogP contribution in [0.15, 0.2) is 16.9 Å². The predicted octanol–water partition coefficient (Wildman–Crippen LogP) is 2.83. The van der Waals surface area contributed by atoms with Gasteiger partial charge in [-0.1, -0.05) is 0 Å². The number of aliphatic hydroxyl groups is 1. The molecule has 0 saturated heterocycles. The van der Waals surface area contributed by atoms with Crippen LogP contribution in [-0.4, -0.2) is 24.9 Å². The molecule has 11 heteroatoms. The molecule has 0 fully saturated rings. The number of halogens is 5. The minimum Gasteiger partial charge on any atom is -0.390 e. The number of aromatic nitrogens is 4. The van der Waals surface area contributed by atoms with Gasteiger partial charge in [-0.3, -0.25) is 4.79 Å². The number of fused-ring (bicyclic) bond motifs is 1. The van der Waals surface area contributed by atoms with Crippen molar-refractivity contribution in [1.29, 1.82) is 0 Å². The van der Waals surface area contributed by atoms with Crippen molar-refractivity contribution >= 4 is 11.0 Å². The number of aliphatic hydroxyl groups excluding tert-OH is 1. The summed E-state index contributed by atoms with van der Waals surface area (Å²) in [5.41, 5.74) is -2.85.